The van der Waals surface area contributed by atoms with Gasteiger partial charge in [0.1, 0.15) is 17.8 Å². The van der Waals surface area contributed by atoms with E-state index in [2.05, 4.69) is 5.32 Å². The van der Waals surface area contributed by atoms with Crippen molar-refractivity contribution in [2.75, 3.05) is 7.11 Å². The van der Waals surface area contributed by atoms with Crippen LogP contribution in [0.1, 0.15) is 37.9 Å². The van der Waals surface area contributed by atoms with Crippen molar-refractivity contribution in [1.29, 1.82) is 0 Å². The van der Waals surface area contributed by atoms with Gasteiger partial charge >= 0.3 is 12.4 Å². The third-order valence-electron chi connectivity index (χ3n) is 6.25. The Balaban J connectivity index is 2.38. The van der Waals surface area contributed by atoms with E-state index in [1.54, 1.807) is 5.32 Å². The number of carbonyl (C=O) groups is 4. The van der Waals surface area contributed by atoms with Crippen LogP contribution in [0.4, 0.5) is 26.3 Å². The number of hydrogen-bond donors (Lipinski definition) is 4. The molecule has 0 spiro atoms. The van der Waals surface area contributed by atoms with Crippen LogP contribution in [0.2, 0.25) is 5.02 Å². The topological polar surface area (TPSA) is 134 Å². The second-order valence-electron chi connectivity index (χ2n) is 9.72. The zero-order chi connectivity index (χ0) is 32.9. The van der Waals surface area contributed by atoms with Gasteiger partial charge in [0, 0.05) is 10.6 Å². The molecule has 0 aliphatic heterocycles. The van der Waals surface area contributed by atoms with Crippen molar-refractivity contribution in [2.24, 2.45) is 5.92 Å². The van der Waals surface area contributed by atoms with E-state index in [4.69, 9.17) is 16.3 Å². The molecule has 4 atom stereocenters. The summed E-state index contributed by atoms with van der Waals surface area (Å²) in [5.74, 6) is -7.55. The molecule has 0 heterocycles. The fraction of sp³-hybridized carbons (Fsp3) is 0.407. The molecule has 2 rings (SSSR count). The average Bonchev–Trinajstić information content (AvgIpc) is 2.92. The Morgan fingerprint density at radius 2 is 1.44 bits per heavy atom. The molecule has 4 N–H and O–H groups in total. The second kappa shape index (κ2) is 13.6. The van der Waals surface area contributed by atoms with E-state index < -0.39 is 71.1 Å². The van der Waals surface area contributed by atoms with E-state index >= 15 is 0 Å². The molecule has 9 nitrogen and oxygen atoms in total. The minimum Gasteiger partial charge on any atom is -0.497 e. The molecule has 0 bridgehead atoms. The molecule has 0 aromatic heterocycles. The van der Waals surface area contributed by atoms with Gasteiger partial charge in [0.25, 0.3) is 17.3 Å². The first-order valence-corrected chi connectivity index (χ1v) is 12.8. The van der Waals surface area contributed by atoms with Crippen LogP contribution in [0, 0.1) is 5.92 Å². The van der Waals surface area contributed by atoms with E-state index in [0.29, 0.717) is 11.8 Å². The Kier molecular flexibility index (Phi) is 11.2. The fourth-order valence-corrected chi connectivity index (χ4v) is 4.01. The molecule has 1 unspecified atom stereocenters. The lowest BCUT2D eigenvalue weighted by atomic mass is 9.91. The molecule has 0 saturated heterocycles. The maximum Gasteiger partial charge on any atom is 0.452 e. The van der Waals surface area contributed by atoms with Crippen LogP contribution in [-0.4, -0.2) is 60.2 Å². The molecule has 2 aromatic rings. The number of rotatable bonds is 11. The van der Waals surface area contributed by atoms with Gasteiger partial charge in [-0.2, -0.15) is 26.3 Å². The molecule has 0 aliphatic rings. The second-order valence-corrected chi connectivity index (χ2v) is 10.2. The highest BCUT2D eigenvalue weighted by atomic mass is 35.5. The first-order chi connectivity index (χ1) is 19.7. The minimum absolute atomic E-state index is 0.0159. The van der Waals surface area contributed by atoms with Crippen molar-refractivity contribution in [3.8, 4) is 5.75 Å². The van der Waals surface area contributed by atoms with Crippen LogP contribution < -0.4 is 20.7 Å². The van der Waals surface area contributed by atoms with Crippen LogP contribution in [0.3, 0.4) is 0 Å². The van der Waals surface area contributed by atoms with E-state index in [0.717, 1.165) is 19.1 Å². The number of Topliss-reactive ketones (excluding diaryl/α,β-unsaturated/α-hetero) is 1. The van der Waals surface area contributed by atoms with Gasteiger partial charge in [-0.05, 0) is 42.7 Å². The normalized spacial score (nSPS) is 15.5. The van der Waals surface area contributed by atoms with Crippen molar-refractivity contribution in [2.45, 2.75) is 56.9 Å². The smallest absolute Gasteiger partial charge is 0.452 e. The summed E-state index contributed by atoms with van der Waals surface area (Å²) in [7, 11) is 1.33. The lowest BCUT2D eigenvalue weighted by Gasteiger charge is -2.31. The van der Waals surface area contributed by atoms with Crippen molar-refractivity contribution in [3.05, 3.63) is 64.7 Å². The van der Waals surface area contributed by atoms with Crippen molar-refractivity contribution < 1.29 is 55.4 Å². The number of methoxy groups -OCH3 is 1. The quantitative estimate of drug-likeness (QED) is 0.277. The highest BCUT2D eigenvalue weighted by Crippen LogP contribution is 2.40. The molecule has 2 aromatic carbocycles. The fourth-order valence-electron chi connectivity index (χ4n) is 3.82. The van der Waals surface area contributed by atoms with E-state index in [1.807, 2.05) is 5.32 Å². The van der Waals surface area contributed by atoms with Gasteiger partial charge in [0.15, 0.2) is 0 Å². The summed E-state index contributed by atoms with van der Waals surface area (Å²) >= 11 is 5.72. The summed E-state index contributed by atoms with van der Waals surface area (Å²) in [6.45, 7) is 3.43. The predicted molar refractivity (Wildman–Crippen MR) is 141 cm³/mol. The van der Waals surface area contributed by atoms with Crippen LogP contribution in [0.15, 0.2) is 48.5 Å². The SMILES string of the molecule is COc1ccc([C@H](NC(=O)[C@H](C)NC(=O)C(O)(c2cccc(Cl)c2)C(F)(F)F)C(=O)N[C@H](C(=O)C(F)(F)F)C(C)C)cc1. The number of halogens is 7. The van der Waals surface area contributed by atoms with E-state index in [9.17, 15) is 50.6 Å². The largest absolute Gasteiger partial charge is 0.497 e. The molecule has 0 fully saturated rings. The zero-order valence-electron chi connectivity index (χ0n) is 23.1. The minimum atomic E-state index is -5.57. The molecule has 0 saturated carbocycles. The summed E-state index contributed by atoms with van der Waals surface area (Å²) in [4.78, 5) is 50.9. The van der Waals surface area contributed by atoms with Crippen molar-refractivity contribution in [1.82, 2.24) is 16.0 Å². The number of ketones is 1. The maximum atomic E-state index is 13.9. The predicted octanol–water partition coefficient (Wildman–Crippen LogP) is 3.73. The van der Waals surface area contributed by atoms with Crippen LogP contribution in [0.5, 0.6) is 5.75 Å². The first-order valence-electron chi connectivity index (χ1n) is 12.5. The van der Waals surface area contributed by atoms with Gasteiger partial charge in [-0.3, -0.25) is 19.2 Å². The number of carbonyl (C=O) groups excluding carboxylic acids is 4. The van der Waals surface area contributed by atoms with Crippen LogP contribution in [0.25, 0.3) is 0 Å². The number of aliphatic hydroxyl groups is 1. The number of ether oxygens (including phenoxy) is 1. The number of amides is 3. The Bertz CT molecular complexity index is 1340. The van der Waals surface area contributed by atoms with Crippen molar-refractivity contribution in [3.63, 3.8) is 0 Å². The average molecular weight is 640 g/mol. The number of nitrogens with one attached hydrogen (secondary N) is 3. The molecular weight excluding hydrogens is 612 g/mol. The summed E-state index contributed by atoms with van der Waals surface area (Å²) < 4.78 is 86.3. The van der Waals surface area contributed by atoms with E-state index in [-0.39, 0.29) is 10.6 Å². The highest BCUT2D eigenvalue weighted by molar-refractivity contribution is 6.30. The Morgan fingerprint density at radius 3 is 1.91 bits per heavy atom. The van der Waals surface area contributed by atoms with Gasteiger partial charge in [0.05, 0.1) is 13.2 Å². The zero-order valence-corrected chi connectivity index (χ0v) is 23.8. The van der Waals surface area contributed by atoms with Gasteiger partial charge in [0.2, 0.25) is 11.8 Å². The number of benzene rings is 2. The highest BCUT2D eigenvalue weighted by Gasteiger charge is 2.61. The lowest BCUT2D eigenvalue weighted by Crippen LogP contribution is -2.59. The Morgan fingerprint density at radius 1 is 0.860 bits per heavy atom. The standard InChI is InChI=1S/C27H28ClF6N3O6/c1-13(2)19(21(38)26(29,30)31)36-23(40)20(15-8-10-18(43-4)11-9-15)37-22(39)14(3)35-24(41)25(42,27(32,33)34)16-6-5-7-17(28)12-16/h5-14,19-20,42H,1-4H3,(H,35,41)(H,36,40)(H,37,39)/t14-,19-,20-,25?/m0/s1. The van der Waals surface area contributed by atoms with Gasteiger partial charge in [-0.25, -0.2) is 0 Å². The molecule has 3 amide bonds. The molecular formula is C27H28ClF6N3O6. The van der Waals surface area contributed by atoms with Gasteiger partial charge < -0.3 is 25.8 Å². The van der Waals surface area contributed by atoms with Gasteiger partial charge in [-0.15, -0.1) is 0 Å². The molecule has 16 heteroatoms. The molecule has 0 aliphatic carbocycles. The van der Waals surface area contributed by atoms with Crippen LogP contribution >= 0.6 is 11.6 Å². The van der Waals surface area contributed by atoms with Crippen LogP contribution in [-0.2, 0) is 24.8 Å². The third kappa shape index (κ3) is 8.38. The maximum absolute atomic E-state index is 13.9. The Labute approximate surface area is 246 Å². The first kappa shape index (κ1) is 35.3. The summed E-state index contributed by atoms with van der Waals surface area (Å²) in [5, 5.41) is 16.1. The van der Waals surface area contributed by atoms with Crippen molar-refractivity contribution >= 4 is 35.1 Å². The van der Waals surface area contributed by atoms with Gasteiger partial charge in [-0.1, -0.05) is 49.7 Å². The monoisotopic (exact) mass is 639 g/mol. The number of alkyl halides is 6. The molecule has 0 radical (unpaired) electrons. The summed E-state index contributed by atoms with van der Waals surface area (Å²) in [5.41, 5.74) is -5.10. The summed E-state index contributed by atoms with van der Waals surface area (Å²) in [6, 6.07) is 3.34. The lowest BCUT2D eigenvalue weighted by molar-refractivity contribution is -0.257. The van der Waals surface area contributed by atoms with E-state index in [1.165, 1.54) is 51.3 Å². The third-order valence-corrected chi connectivity index (χ3v) is 6.48. The Hall–Kier alpha value is -3.85. The molecule has 236 valence electrons. The molecule has 43 heavy (non-hydrogen) atoms. The summed E-state index contributed by atoms with van der Waals surface area (Å²) in [6.07, 6.45) is -10.9. The number of hydrogen-bond acceptors (Lipinski definition) is 6.